The van der Waals surface area contributed by atoms with Crippen LogP contribution in [0.2, 0.25) is 4.34 Å². The second kappa shape index (κ2) is 4.62. The minimum atomic E-state index is -3.45. The van der Waals surface area contributed by atoms with Crippen molar-refractivity contribution in [2.24, 2.45) is 5.73 Å². The molecule has 1 heterocycles. The molecule has 1 saturated carbocycles. The molecule has 1 aromatic heterocycles. The van der Waals surface area contributed by atoms with Crippen LogP contribution in [0, 0.1) is 0 Å². The standard InChI is InChI=1S/C9H13ClN2O2S2/c10-8-4-5-9(15-8)16(13,14)12-7-3-1-2-6(7)11/h4-7,12H,1-3,11H2. The fraction of sp³-hybridized carbons (Fsp3) is 0.556. The van der Waals surface area contributed by atoms with E-state index in [1.54, 1.807) is 6.07 Å². The zero-order chi connectivity index (χ0) is 11.8. The predicted molar refractivity (Wildman–Crippen MR) is 65.3 cm³/mol. The van der Waals surface area contributed by atoms with Crippen LogP contribution in [0.3, 0.4) is 0 Å². The van der Waals surface area contributed by atoms with E-state index in [0.717, 1.165) is 30.6 Å². The third kappa shape index (κ3) is 2.57. The molecule has 0 saturated heterocycles. The molecule has 0 aliphatic heterocycles. The Kier molecular flexibility index (Phi) is 3.56. The molecule has 0 aromatic carbocycles. The number of rotatable bonds is 3. The Morgan fingerprint density at radius 3 is 2.69 bits per heavy atom. The van der Waals surface area contributed by atoms with Crippen LogP contribution in [-0.2, 0) is 10.0 Å². The van der Waals surface area contributed by atoms with Crippen molar-refractivity contribution >= 4 is 33.0 Å². The molecule has 1 aromatic rings. The minimum absolute atomic E-state index is 0.0785. The lowest BCUT2D eigenvalue weighted by molar-refractivity contribution is 0.523. The van der Waals surface area contributed by atoms with Gasteiger partial charge in [-0.3, -0.25) is 0 Å². The fourth-order valence-electron chi connectivity index (χ4n) is 1.83. The molecule has 2 atom stereocenters. The fourth-order valence-corrected chi connectivity index (χ4v) is 4.66. The van der Waals surface area contributed by atoms with Gasteiger partial charge < -0.3 is 5.73 Å². The lowest BCUT2D eigenvalue weighted by atomic mass is 10.2. The Balaban J connectivity index is 2.14. The molecule has 0 spiro atoms. The van der Waals surface area contributed by atoms with Crippen LogP contribution in [0.25, 0.3) is 0 Å². The van der Waals surface area contributed by atoms with Crippen LogP contribution >= 0.6 is 22.9 Å². The van der Waals surface area contributed by atoms with Gasteiger partial charge in [0.25, 0.3) is 0 Å². The first kappa shape index (κ1) is 12.3. The van der Waals surface area contributed by atoms with E-state index in [-0.39, 0.29) is 16.3 Å². The maximum Gasteiger partial charge on any atom is 0.250 e. The Hall–Kier alpha value is -0.140. The molecule has 1 aliphatic carbocycles. The number of halogens is 1. The third-order valence-corrected chi connectivity index (χ3v) is 5.90. The van der Waals surface area contributed by atoms with Crippen LogP contribution in [0.4, 0.5) is 0 Å². The van der Waals surface area contributed by atoms with Crippen LogP contribution < -0.4 is 10.5 Å². The molecule has 16 heavy (non-hydrogen) atoms. The van der Waals surface area contributed by atoms with Gasteiger partial charge in [0.2, 0.25) is 10.0 Å². The quantitative estimate of drug-likeness (QED) is 0.883. The van der Waals surface area contributed by atoms with Gasteiger partial charge in [-0.1, -0.05) is 18.0 Å². The smallest absolute Gasteiger partial charge is 0.250 e. The van der Waals surface area contributed by atoms with E-state index in [1.165, 1.54) is 6.07 Å². The summed E-state index contributed by atoms with van der Waals surface area (Å²) in [5.41, 5.74) is 5.82. The molecule has 3 N–H and O–H groups in total. The molecule has 1 fully saturated rings. The van der Waals surface area contributed by atoms with Crippen LogP contribution in [0.1, 0.15) is 19.3 Å². The van der Waals surface area contributed by atoms with E-state index in [0.29, 0.717) is 4.34 Å². The molecule has 0 bridgehead atoms. The lowest BCUT2D eigenvalue weighted by Gasteiger charge is -2.16. The molecule has 90 valence electrons. The van der Waals surface area contributed by atoms with Crippen molar-refractivity contribution in [3.05, 3.63) is 16.5 Å². The minimum Gasteiger partial charge on any atom is -0.326 e. The largest absolute Gasteiger partial charge is 0.326 e. The van der Waals surface area contributed by atoms with Gasteiger partial charge in [-0.25, -0.2) is 13.1 Å². The third-order valence-electron chi connectivity index (χ3n) is 2.69. The van der Waals surface area contributed by atoms with Crippen molar-refractivity contribution in [2.45, 2.75) is 35.6 Å². The number of sulfonamides is 1. The highest BCUT2D eigenvalue weighted by Crippen LogP contribution is 2.27. The monoisotopic (exact) mass is 280 g/mol. The zero-order valence-electron chi connectivity index (χ0n) is 8.52. The molecule has 2 unspecified atom stereocenters. The first-order valence-corrected chi connectivity index (χ1v) is 7.70. The van der Waals surface area contributed by atoms with Gasteiger partial charge >= 0.3 is 0 Å². The summed E-state index contributed by atoms with van der Waals surface area (Å²) in [4.78, 5) is 0. The van der Waals surface area contributed by atoms with Crippen molar-refractivity contribution in [2.75, 3.05) is 0 Å². The van der Waals surface area contributed by atoms with Gasteiger partial charge in [0, 0.05) is 12.1 Å². The lowest BCUT2D eigenvalue weighted by Crippen LogP contribution is -2.43. The molecule has 7 heteroatoms. The maximum absolute atomic E-state index is 11.9. The first-order chi connectivity index (χ1) is 7.49. The second-order valence-electron chi connectivity index (χ2n) is 3.88. The summed E-state index contributed by atoms with van der Waals surface area (Å²) >= 11 is 6.77. The van der Waals surface area contributed by atoms with E-state index in [2.05, 4.69) is 4.72 Å². The highest BCUT2D eigenvalue weighted by molar-refractivity contribution is 7.91. The summed E-state index contributed by atoms with van der Waals surface area (Å²) in [6, 6.07) is 2.86. The SMILES string of the molecule is NC1CCCC1NS(=O)(=O)c1ccc(Cl)s1. The van der Waals surface area contributed by atoms with Gasteiger partial charge in [0.15, 0.2) is 0 Å². The average Bonchev–Trinajstić information content (AvgIpc) is 2.77. The Bertz CT molecular complexity index is 472. The van der Waals surface area contributed by atoms with Crippen molar-refractivity contribution in [3.8, 4) is 0 Å². The maximum atomic E-state index is 11.9. The molecule has 2 rings (SSSR count). The number of hydrogen-bond donors (Lipinski definition) is 2. The van der Waals surface area contributed by atoms with E-state index >= 15 is 0 Å². The van der Waals surface area contributed by atoms with E-state index in [9.17, 15) is 8.42 Å². The summed E-state index contributed by atoms with van der Waals surface area (Å²) in [5, 5.41) is 0. The highest BCUT2D eigenvalue weighted by Gasteiger charge is 2.29. The summed E-state index contributed by atoms with van der Waals surface area (Å²) in [6.07, 6.45) is 2.65. The molecule has 0 amide bonds. The van der Waals surface area contributed by atoms with Gasteiger partial charge in [-0.05, 0) is 25.0 Å². The van der Waals surface area contributed by atoms with Crippen molar-refractivity contribution in [1.29, 1.82) is 0 Å². The van der Waals surface area contributed by atoms with Crippen molar-refractivity contribution in [3.63, 3.8) is 0 Å². The normalized spacial score (nSPS) is 26.1. The number of nitrogens with one attached hydrogen (secondary N) is 1. The molecule has 0 radical (unpaired) electrons. The van der Waals surface area contributed by atoms with Crippen LogP contribution in [-0.4, -0.2) is 20.5 Å². The van der Waals surface area contributed by atoms with Crippen LogP contribution in [0.5, 0.6) is 0 Å². The molecular weight excluding hydrogens is 268 g/mol. The zero-order valence-corrected chi connectivity index (χ0v) is 10.9. The number of thiophene rings is 1. The predicted octanol–water partition coefficient (Wildman–Crippen LogP) is 1.56. The van der Waals surface area contributed by atoms with E-state index in [1.807, 2.05) is 0 Å². The van der Waals surface area contributed by atoms with Crippen molar-refractivity contribution < 1.29 is 8.42 Å². The van der Waals surface area contributed by atoms with Gasteiger partial charge in [0.1, 0.15) is 4.21 Å². The number of nitrogens with two attached hydrogens (primary N) is 1. The molecule has 1 aliphatic rings. The molecule has 4 nitrogen and oxygen atoms in total. The Labute approximate surface area is 104 Å². The summed E-state index contributed by atoms with van der Waals surface area (Å²) in [6.45, 7) is 0. The summed E-state index contributed by atoms with van der Waals surface area (Å²) in [7, 11) is -3.45. The summed E-state index contributed by atoms with van der Waals surface area (Å²) in [5.74, 6) is 0. The van der Waals surface area contributed by atoms with E-state index in [4.69, 9.17) is 17.3 Å². The van der Waals surface area contributed by atoms with Gasteiger partial charge in [0.05, 0.1) is 4.34 Å². The van der Waals surface area contributed by atoms with Crippen LogP contribution in [0.15, 0.2) is 16.3 Å². The topological polar surface area (TPSA) is 72.2 Å². The van der Waals surface area contributed by atoms with Gasteiger partial charge in [-0.15, -0.1) is 11.3 Å². The highest BCUT2D eigenvalue weighted by atomic mass is 35.5. The Morgan fingerprint density at radius 2 is 2.19 bits per heavy atom. The van der Waals surface area contributed by atoms with Crippen molar-refractivity contribution in [1.82, 2.24) is 4.72 Å². The average molecular weight is 281 g/mol. The molecular formula is C9H13ClN2O2S2. The van der Waals surface area contributed by atoms with Gasteiger partial charge in [-0.2, -0.15) is 0 Å². The Morgan fingerprint density at radius 1 is 1.44 bits per heavy atom. The summed E-state index contributed by atoms with van der Waals surface area (Å²) < 4.78 is 27.2. The number of hydrogen-bond acceptors (Lipinski definition) is 4. The first-order valence-electron chi connectivity index (χ1n) is 5.02. The second-order valence-corrected chi connectivity index (χ2v) is 7.54. The van der Waals surface area contributed by atoms with E-state index < -0.39 is 10.0 Å².